The second-order valence-corrected chi connectivity index (χ2v) is 2.33. The molecule has 0 aliphatic heterocycles. The van der Waals surface area contributed by atoms with Crippen LogP contribution in [-0.4, -0.2) is 0 Å². The first-order valence-electron chi connectivity index (χ1n) is 2.80. The summed E-state index contributed by atoms with van der Waals surface area (Å²) in [5, 5.41) is 9.11. The standard InChI is InChI=1S/C7H6ClN/c8-7-4-2-1-3-6(7)5-9/h1,3H,2,4H2. The van der Waals surface area contributed by atoms with E-state index in [4.69, 9.17) is 16.9 Å². The van der Waals surface area contributed by atoms with Crippen LogP contribution in [0.1, 0.15) is 12.8 Å². The molecule has 9 heavy (non-hydrogen) atoms. The first kappa shape index (κ1) is 6.38. The number of hydrogen-bond acceptors (Lipinski definition) is 1. The number of allylic oxidation sites excluding steroid dienone is 4. The molecule has 0 amide bonds. The second-order valence-electron chi connectivity index (χ2n) is 1.87. The van der Waals surface area contributed by atoms with E-state index in [1.807, 2.05) is 12.1 Å². The summed E-state index contributed by atoms with van der Waals surface area (Å²) < 4.78 is 0. The van der Waals surface area contributed by atoms with Gasteiger partial charge in [0.15, 0.2) is 0 Å². The van der Waals surface area contributed by atoms with Crippen molar-refractivity contribution in [2.45, 2.75) is 12.8 Å². The first-order chi connectivity index (χ1) is 4.34. The summed E-state index contributed by atoms with van der Waals surface area (Å²) in [5.74, 6) is 0. The molecule has 1 aliphatic rings. The lowest BCUT2D eigenvalue weighted by Crippen LogP contribution is -1.85. The Hall–Kier alpha value is -0.740. The third kappa shape index (κ3) is 1.34. The maximum atomic E-state index is 8.42. The summed E-state index contributed by atoms with van der Waals surface area (Å²) in [4.78, 5) is 0. The van der Waals surface area contributed by atoms with Gasteiger partial charge in [-0.05, 0) is 18.9 Å². The van der Waals surface area contributed by atoms with E-state index >= 15 is 0 Å². The van der Waals surface area contributed by atoms with Crippen molar-refractivity contribution in [2.24, 2.45) is 0 Å². The molecule has 0 atom stereocenters. The fraction of sp³-hybridized carbons (Fsp3) is 0.286. The van der Waals surface area contributed by atoms with Gasteiger partial charge in [0, 0.05) is 5.03 Å². The summed E-state index contributed by atoms with van der Waals surface area (Å²) in [6.45, 7) is 0. The quantitative estimate of drug-likeness (QED) is 0.506. The second kappa shape index (κ2) is 2.70. The molecule has 46 valence electrons. The molecule has 0 aromatic carbocycles. The number of rotatable bonds is 0. The Kier molecular flexibility index (Phi) is 1.92. The molecule has 0 aromatic heterocycles. The third-order valence-electron chi connectivity index (χ3n) is 1.23. The van der Waals surface area contributed by atoms with Gasteiger partial charge in [0.1, 0.15) is 6.07 Å². The van der Waals surface area contributed by atoms with Crippen molar-refractivity contribution in [3.8, 4) is 6.07 Å². The lowest BCUT2D eigenvalue weighted by atomic mass is 10.1. The van der Waals surface area contributed by atoms with Gasteiger partial charge >= 0.3 is 0 Å². The molecule has 1 nitrogen and oxygen atoms in total. The highest BCUT2D eigenvalue weighted by Crippen LogP contribution is 2.20. The Morgan fingerprint density at radius 1 is 1.67 bits per heavy atom. The van der Waals surface area contributed by atoms with Gasteiger partial charge < -0.3 is 0 Å². The van der Waals surface area contributed by atoms with Crippen molar-refractivity contribution in [3.63, 3.8) is 0 Å². The van der Waals surface area contributed by atoms with E-state index < -0.39 is 0 Å². The monoisotopic (exact) mass is 139 g/mol. The van der Waals surface area contributed by atoms with E-state index in [0.717, 1.165) is 12.8 Å². The molecule has 0 spiro atoms. The molecule has 0 aromatic rings. The minimum Gasteiger partial charge on any atom is -0.192 e. The van der Waals surface area contributed by atoms with Gasteiger partial charge in [-0.15, -0.1) is 0 Å². The third-order valence-corrected chi connectivity index (χ3v) is 1.62. The minimum absolute atomic E-state index is 0.614. The Labute approximate surface area is 59.2 Å². The van der Waals surface area contributed by atoms with Crippen LogP contribution in [0.25, 0.3) is 0 Å². The fourth-order valence-corrected chi connectivity index (χ4v) is 0.949. The number of nitriles is 1. The topological polar surface area (TPSA) is 23.8 Å². The first-order valence-corrected chi connectivity index (χ1v) is 3.17. The van der Waals surface area contributed by atoms with Crippen LogP contribution in [0.2, 0.25) is 0 Å². The van der Waals surface area contributed by atoms with Crippen LogP contribution in [0.3, 0.4) is 0 Å². The van der Waals surface area contributed by atoms with Crippen molar-refractivity contribution in [2.75, 3.05) is 0 Å². The van der Waals surface area contributed by atoms with Crippen molar-refractivity contribution in [3.05, 3.63) is 22.8 Å². The summed E-state index contributed by atoms with van der Waals surface area (Å²) in [6.07, 6.45) is 5.52. The van der Waals surface area contributed by atoms with E-state index in [-0.39, 0.29) is 0 Å². The number of halogens is 1. The molecule has 1 rings (SSSR count). The van der Waals surface area contributed by atoms with Crippen LogP contribution in [-0.2, 0) is 0 Å². The van der Waals surface area contributed by atoms with Crippen LogP contribution >= 0.6 is 11.6 Å². The largest absolute Gasteiger partial charge is 0.192 e. The lowest BCUT2D eigenvalue weighted by molar-refractivity contribution is 1.01. The number of hydrogen-bond donors (Lipinski definition) is 0. The predicted octanol–water partition coefficient (Wildman–Crippen LogP) is 2.35. The van der Waals surface area contributed by atoms with Gasteiger partial charge in [-0.25, -0.2) is 0 Å². The Morgan fingerprint density at radius 3 is 2.89 bits per heavy atom. The maximum absolute atomic E-state index is 8.42. The van der Waals surface area contributed by atoms with Gasteiger partial charge in [-0.2, -0.15) is 5.26 Å². The summed E-state index contributed by atoms with van der Waals surface area (Å²) in [5.41, 5.74) is 0.614. The molecular weight excluding hydrogens is 134 g/mol. The molecule has 0 fully saturated rings. The van der Waals surface area contributed by atoms with Gasteiger partial charge in [0.05, 0.1) is 5.57 Å². The van der Waals surface area contributed by atoms with E-state index in [0.29, 0.717) is 10.6 Å². The summed E-state index contributed by atoms with van der Waals surface area (Å²) in [6, 6.07) is 2.01. The molecule has 0 saturated heterocycles. The van der Waals surface area contributed by atoms with Crippen LogP contribution < -0.4 is 0 Å². The molecule has 1 aliphatic carbocycles. The van der Waals surface area contributed by atoms with E-state index in [1.165, 1.54) is 0 Å². The molecule has 0 heterocycles. The van der Waals surface area contributed by atoms with Crippen LogP contribution in [0, 0.1) is 11.3 Å². The fourth-order valence-electron chi connectivity index (χ4n) is 0.734. The number of nitrogens with zero attached hydrogens (tertiary/aromatic N) is 1. The highest BCUT2D eigenvalue weighted by Gasteiger charge is 2.03. The SMILES string of the molecule is N#CC1=C(Cl)CCC=C1. The molecular formula is C7H6ClN. The zero-order valence-electron chi connectivity index (χ0n) is 4.89. The van der Waals surface area contributed by atoms with Crippen LogP contribution in [0.5, 0.6) is 0 Å². The summed E-state index contributed by atoms with van der Waals surface area (Å²) >= 11 is 5.69. The molecule has 0 N–H and O–H groups in total. The molecule has 0 radical (unpaired) electrons. The van der Waals surface area contributed by atoms with E-state index in [1.54, 1.807) is 6.08 Å². The highest BCUT2D eigenvalue weighted by atomic mass is 35.5. The van der Waals surface area contributed by atoms with Gasteiger partial charge in [0.25, 0.3) is 0 Å². The van der Waals surface area contributed by atoms with E-state index in [2.05, 4.69) is 0 Å². The van der Waals surface area contributed by atoms with Crippen molar-refractivity contribution in [1.82, 2.24) is 0 Å². The minimum atomic E-state index is 0.614. The Bertz CT molecular complexity index is 207. The van der Waals surface area contributed by atoms with Crippen LogP contribution in [0.15, 0.2) is 22.8 Å². The Morgan fingerprint density at radius 2 is 2.44 bits per heavy atom. The highest BCUT2D eigenvalue weighted by molar-refractivity contribution is 6.30. The van der Waals surface area contributed by atoms with Gasteiger partial charge in [-0.1, -0.05) is 17.7 Å². The van der Waals surface area contributed by atoms with Gasteiger partial charge in [0.2, 0.25) is 0 Å². The molecule has 0 unspecified atom stereocenters. The average Bonchev–Trinajstić information content (AvgIpc) is 1.89. The molecule has 0 saturated carbocycles. The van der Waals surface area contributed by atoms with Crippen LogP contribution in [0.4, 0.5) is 0 Å². The van der Waals surface area contributed by atoms with Crippen molar-refractivity contribution in [1.29, 1.82) is 5.26 Å². The zero-order chi connectivity index (χ0) is 6.69. The van der Waals surface area contributed by atoms with Crippen molar-refractivity contribution >= 4 is 11.6 Å². The Balaban J connectivity index is 2.88. The smallest absolute Gasteiger partial charge is 0.100 e. The lowest BCUT2D eigenvalue weighted by Gasteiger charge is -2.01. The molecule has 2 heteroatoms. The van der Waals surface area contributed by atoms with E-state index in [9.17, 15) is 0 Å². The predicted molar refractivity (Wildman–Crippen MR) is 36.9 cm³/mol. The maximum Gasteiger partial charge on any atom is 0.100 e. The van der Waals surface area contributed by atoms with Crippen molar-refractivity contribution < 1.29 is 0 Å². The normalized spacial score (nSPS) is 17.8. The molecule has 0 bridgehead atoms. The average molecular weight is 140 g/mol. The zero-order valence-corrected chi connectivity index (χ0v) is 5.65. The van der Waals surface area contributed by atoms with Gasteiger partial charge in [-0.3, -0.25) is 0 Å². The summed E-state index contributed by atoms with van der Waals surface area (Å²) in [7, 11) is 0.